The van der Waals surface area contributed by atoms with Gasteiger partial charge in [-0.1, -0.05) is 64.7 Å². The molecule has 0 bridgehead atoms. The molecule has 1 atom stereocenters. The number of methoxy groups -OCH3 is 1. The molecule has 44 heavy (non-hydrogen) atoms. The highest BCUT2D eigenvalue weighted by molar-refractivity contribution is 5.91. The summed E-state index contributed by atoms with van der Waals surface area (Å²) >= 11 is 0. The Morgan fingerprint density at radius 3 is 1.93 bits per heavy atom. The molecule has 2 aromatic carbocycles. The Morgan fingerprint density at radius 1 is 0.727 bits per heavy atom. The molecule has 0 aliphatic heterocycles. The molecule has 1 heterocycles. The van der Waals surface area contributed by atoms with E-state index in [1.54, 1.807) is 6.92 Å². The lowest BCUT2D eigenvalue weighted by Crippen LogP contribution is -2.19. The van der Waals surface area contributed by atoms with Gasteiger partial charge in [-0.25, -0.2) is 14.6 Å². The molecule has 0 spiro atoms. The summed E-state index contributed by atoms with van der Waals surface area (Å²) in [6, 6.07) is 13.5. The van der Waals surface area contributed by atoms with Crippen LogP contribution in [0.4, 0.5) is 0 Å². The first-order valence-electron chi connectivity index (χ1n) is 15.5. The number of hydrogen-bond acceptors (Lipinski definition) is 9. The largest absolute Gasteiger partial charge is 0.494 e. The third-order valence-corrected chi connectivity index (χ3v) is 7.07. The second-order valence-electron chi connectivity index (χ2n) is 10.8. The van der Waals surface area contributed by atoms with Gasteiger partial charge in [-0.05, 0) is 61.9 Å². The standard InChI is InChI=1S/C35H44N2O7/c1-4-5-6-7-8-9-10-11-12-13-22-42-29-18-14-27(15-19-29)31-24-37-32(25-36-31)35(40)44-30-20-16-28(17-21-30)34(39)43-26(2)23-33(38)41-3/h14-21,24-26H,4-13,22-23H2,1-3H3/t26-/m1/s1. The highest BCUT2D eigenvalue weighted by Crippen LogP contribution is 2.21. The van der Waals surface area contributed by atoms with Gasteiger partial charge in [-0.3, -0.25) is 9.78 Å². The smallest absolute Gasteiger partial charge is 0.363 e. The van der Waals surface area contributed by atoms with Crippen LogP contribution in [-0.2, 0) is 14.3 Å². The highest BCUT2D eigenvalue weighted by atomic mass is 16.6. The van der Waals surface area contributed by atoms with Crippen molar-refractivity contribution in [3.63, 3.8) is 0 Å². The SMILES string of the molecule is CCCCCCCCCCCCOc1ccc(-c2cnc(C(=O)Oc3ccc(C(=O)O[C@H](C)CC(=O)OC)cc3)cn2)cc1. The molecule has 0 N–H and O–H groups in total. The predicted molar refractivity (Wildman–Crippen MR) is 168 cm³/mol. The molecule has 9 nitrogen and oxygen atoms in total. The number of rotatable bonds is 19. The number of benzene rings is 2. The fraction of sp³-hybridized carbons (Fsp3) is 0.457. The molecule has 0 saturated heterocycles. The molecule has 0 radical (unpaired) electrons. The topological polar surface area (TPSA) is 114 Å². The van der Waals surface area contributed by atoms with Gasteiger partial charge in [0.2, 0.25) is 0 Å². The van der Waals surface area contributed by atoms with Gasteiger partial charge in [-0.15, -0.1) is 0 Å². The van der Waals surface area contributed by atoms with E-state index in [4.69, 9.17) is 14.2 Å². The molecule has 3 aromatic rings. The first kappa shape index (κ1) is 34.2. The second-order valence-corrected chi connectivity index (χ2v) is 10.8. The Kier molecular flexibility index (Phi) is 14.9. The summed E-state index contributed by atoms with van der Waals surface area (Å²) in [5, 5.41) is 0. The lowest BCUT2D eigenvalue weighted by molar-refractivity contribution is -0.142. The van der Waals surface area contributed by atoms with Crippen LogP contribution in [0.5, 0.6) is 11.5 Å². The summed E-state index contributed by atoms with van der Waals surface area (Å²) in [4.78, 5) is 44.7. The minimum Gasteiger partial charge on any atom is -0.494 e. The summed E-state index contributed by atoms with van der Waals surface area (Å²) in [6.45, 7) is 4.55. The van der Waals surface area contributed by atoms with Crippen molar-refractivity contribution in [1.82, 2.24) is 9.97 Å². The summed E-state index contributed by atoms with van der Waals surface area (Å²) in [5.74, 6) is -0.710. The molecule has 0 fully saturated rings. The van der Waals surface area contributed by atoms with Gasteiger partial charge in [0.05, 0.1) is 43.8 Å². The van der Waals surface area contributed by atoms with Crippen LogP contribution in [0.1, 0.15) is 105 Å². The zero-order valence-corrected chi connectivity index (χ0v) is 26.1. The number of ether oxygens (including phenoxy) is 4. The summed E-state index contributed by atoms with van der Waals surface area (Å²) in [5.41, 5.74) is 1.77. The maximum absolute atomic E-state index is 12.6. The molecule has 3 rings (SSSR count). The van der Waals surface area contributed by atoms with Crippen LogP contribution in [0.15, 0.2) is 60.9 Å². The van der Waals surface area contributed by atoms with Crippen molar-refractivity contribution in [2.24, 2.45) is 0 Å². The van der Waals surface area contributed by atoms with E-state index in [1.165, 1.54) is 102 Å². The molecule has 0 amide bonds. The Labute approximate surface area is 260 Å². The lowest BCUT2D eigenvalue weighted by Gasteiger charge is -2.12. The average Bonchev–Trinajstić information content (AvgIpc) is 3.04. The maximum Gasteiger partial charge on any atom is 0.363 e. The Morgan fingerprint density at radius 2 is 1.34 bits per heavy atom. The van der Waals surface area contributed by atoms with Crippen LogP contribution >= 0.6 is 0 Å². The van der Waals surface area contributed by atoms with E-state index in [2.05, 4.69) is 21.6 Å². The van der Waals surface area contributed by atoms with E-state index < -0.39 is 24.0 Å². The summed E-state index contributed by atoms with van der Waals surface area (Å²) < 4.78 is 21.1. The van der Waals surface area contributed by atoms with Gasteiger partial charge in [0.15, 0.2) is 5.69 Å². The quantitative estimate of drug-likeness (QED) is 0.0769. The molecular weight excluding hydrogens is 560 g/mol. The zero-order valence-electron chi connectivity index (χ0n) is 26.1. The second kappa shape index (κ2) is 19.1. The van der Waals surface area contributed by atoms with E-state index in [0.717, 1.165) is 17.7 Å². The first-order valence-corrected chi connectivity index (χ1v) is 15.5. The van der Waals surface area contributed by atoms with Crippen molar-refractivity contribution in [3.8, 4) is 22.8 Å². The van der Waals surface area contributed by atoms with E-state index >= 15 is 0 Å². The highest BCUT2D eigenvalue weighted by Gasteiger charge is 2.17. The summed E-state index contributed by atoms with van der Waals surface area (Å²) in [6.07, 6.45) is 15.1. The van der Waals surface area contributed by atoms with Gasteiger partial charge in [0.25, 0.3) is 0 Å². The van der Waals surface area contributed by atoms with E-state index in [-0.39, 0.29) is 23.4 Å². The Hall–Kier alpha value is -4.27. The van der Waals surface area contributed by atoms with Crippen molar-refractivity contribution < 1.29 is 33.3 Å². The van der Waals surface area contributed by atoms with Crippen LogP contribution in [0.25, 0.3) is 11.3 Å². The molecule has 236 valence electrons. The van der Waals surface area contributed by atoms with Gasteiger partial charge >= 0.3 is 17.9 Å². The summed E-state index contributed by atoms with van der Waals surface area (Å²) in [7, 11) is 1.27. The molecule has 0 aliphatic rings. The van der Waals surface area contributed by atoms with Crippen LogP contribution in [0.2, 0.25) is 0 Å². The van der Waals surface area contributed by atoms with Gasteiger partial charge in [-0.2, -0.15) is 0 Å². The van der Waals surface area contributed by atoms with Crippen LogP contribution < -0.4 is 9.47 Å². The third-order valence-electron chi connectivity index (χ3n) is 7.07. The van der Waals surface area contributed by atoms with Crippen molar-refractivity contribution in [2.45, 2.75) is 90.6 Å². The fourth-order valence-electron chi connectivity index (χ4n) is 4.51. The Bertz CT molecular complexity index is 1290. The number of carbonyl (C=O) groups is 3. The number of nitrogens with zero attached hydrogens (tertiary/aromatic N) is 2. The van der Waals surface area contributed by atoms with Crippen molar-refractivity contribution >= 4 is 17.9 Å². The Balaban J connectivity index is 1.39. The van der Waals surface area contributed by atoms with Gasteiger partial charge in [0.1, 0.15) is 17.6 Å². The van der Waals surface area contributed by atoms with Gasteiger partial charge < -0.3 is 18.9 Å². The van der Waals surface area contributed by atoms with E-state index in [1.807, 2.05) is 24.3 Å². The number of hydrogen-bond donors (Lipinski definition) is 0. The van der Waals surface area contributed by atoms with Crippen LogP contribution in [-0.4, -0.2) is 47.7 Å². The molecule has 0 saturated carbocycles. The van der Waals surface area contributed by atoms with Gasteiger partial charge in [0, 0.05) is 5.56 Å². The van der Waals surface area contributed by atoms with E-state index in [0.29, 0.717) is 12.3 Å². The van der Waals surface area contributed by atoms with Crippen LogP contribution in [0, 0.1) is 0 Å². The minimum absolute atomic E-state index is 0.0447. The number of aromatic nitrogens is 2. The van der Waals surface area contributed by atoms with Crippen LogP contribution in [0.3, 0.4) is 0 Å². The molecule has 9 heteroatoms. The van der Waals surface area contributed by atoms with Crippen molar-refractivity contribution in [3.05, 3.63) is 72.2 Å². The number of unbranched alkanes of at least 4 members (excludes halogenated alkanes) is 9. The third kappa shape index (κ3) is 12.1. The van der Waals surface area contributed by atoms with E-state index in [9.17, 15) is 14.4 Å². The number of esters is 3. The molecule has 0 aliphatic carbocycles. The van der Waals surface area contributed by atoms with Crippen molar-refractivity contribution in [2.75, 3.05) is 13.7 Å². The predicted octanol–water partition coefficient (Wildman–Crippen LogP) is 7.77. The lowest BCUT2D eigenvalue weighted by atomic mass is 10.1. The zero-order chi connectivity index (χ0) is 31.6. The van der Waals surface area contributed by atoms with Crippen molar-refractivity contribution in [1.29, 1.82) is 0 Å². The fourth-order valence-corrected chi connectivity index (χ4v) is 4.51. The number of carbonyl (C=O) groups excluding carboxylic acids is 3. The monoisotopic (exact) mass is 604 g/mol. The average molecular weight is 605 g/mol. The minimum atomic E-state index is -0.679. The first-order chi connectivity index (χ1) is 21.4. The molecule has 0 unspecified atom stereocenters. The normalized spacial score (nSPS) is 11.4. The molecule has 1 aromatic heterocycles. The maximum atomic E-state index is 12.6. The molecular formula is C35H44N2O7.